The summed E-state index contributed by atoms with van der Waals surface area (Å²) in [6.45, 7) is -0.442. The van der Waals surface area contributed by atoms with Crippen LogP contribution >= 0.6 is 0 Å². The van der Waals surface area contributed by atoms with E-state index in [1.807, 2.05) is 30.3 Å². The van der Waals surface area contributed by atoms with Crippen LogP contribution in [0.4, 0.5) is 0 Å². The highest BCUT2D eigenvalue weighted by molar-refractivity contribution is 7.89. The van der Waals surface area contributed by atoms with Crippen molar-refractivity contribution in [3.05, 3.63) is 71.5 Å². The molecule has 5 rings (SSSR count). The number of aliphatic hydroxyl groups excluding tert-OH is 1. The predicted molar refractivity (Wildman–Crippen MR) is 157 cm³/mol. The lowest BCUT2D eigenvalue weighted by Crippen LogP contribution is -2.41. The maximum Gasteiger partial charge on any atom is 0.286 e. The number of hydrogen-bond donors (Lipinski definition) is 2. The summed E-state index contributed by atoms with van der Waals surface area (Å²) in [7, 11) is -2.38. The highest BCUT2D eigenvalue weighted by atomic mass is 32.2. The molecule has 0 saturated heterocycles. The van der Waals surface area contributed by atoms with Crippen molar-refractivity contribution < 1.29 is 32.5 Å². The van der Waals surface area contributed by atoms with Crippen LogP contribution < -0.4 is 10.1 Å². The molecule has 0 spiro atoms. The second-order valence-corrected chi connectivity index (χ2v) is 13.1. The van der Waals surface area contributed by atoms with E-state index in [0.29, 0.717) is 24.0 Å². The van der Waals surface area contributed by atoms with Gasteiger partial charge in [0.05, 0.1) is 25.2 Å². The number of ether oxygens (including phenoxy) is 3. The molecule has 2 aromatic carbocycles. The molecule has 2 bridgehead atoms. The van der Waals surface area contributed by atoms with E-state index < -0.39 is 16.3 Å². The van der Waals surface area contributed by atoms with Crippen LogP contribution in [-0.2, 0) is 24.3 Å². The van der Waals surface area contributed by atoms with Crippen LogP contribution in [0.3, 0.4) is 0 Å². The normalized spacial score (nSPS) is 25.0. The molecular formula is C32H38N2O7S. The molecule has 10 heteroatoms. The number of sulfonamides is 1. The molecular weight excluding hydrogens is 556 g/mol. The Hall–Kier alpha value is -3.36. The third-order valence-electron chi connectivity index (χ3n) is 8.53. The van der Waals surface area contributed by atoms with Crippen molar-refractivity contribution in [3.8, 4) is 18.1 Å². The number of aliphatic hydroxyl groups is 1. The zero-order valence-electron chi connectivity index (χ0n) is 23.8. The summed E-state index contributed by atoms with van der Waals surface area (Å²) in [5.74, 6) is 4.16. The summed E-state index contributed by atoms with van der Waals surface area (Å²) >= 11 is 0. The highest BCUT2D eigenvalue weighted by Gasteiger charge is 2.41. The van der Waals surface area contributed by atoms with Crippen LogP contribution in [0, 0.1) is 24.2 Å². The molecule has 5 atom stereocenters. The molecule has 0 aromatic heterocycles. The molecule has 42 heavy (non-hydrogen) atoms. The van der Waals surface area contributed by atoms with Gasteiger partial charge in [-0.1, -0.05) is 24.5 Å². The third kappa shape index (κ3) is 6.81. The van der Waals surface area contributed by atoms with Crippen LogP contribution in [0.1, 0.15) is 49.1 Å². The second kappa shape index (κ2) is 13.3. The number of carbonyl (C=O) groups is 1. The molecule has 1 amide bonds. The number of hydrogen-bond acceptors (Lipinski definition) is 7. The summed E-state index contributed by atoms with van der Waals surface area (Å²) in [5, 5.41) is 12.8. The van der Waals surface area contributed by atoms with Crippen molar-refractivity contribution in [1.82, 2.24) is 9.62 Å². The molecule has 1 heterocycles. The van der Waals surface area contributed by atoms with Gasteiger partial charge in [-0.05, 0) is 79.1 Å². The summed E-state index contributed by atoms with van der Waals surface area (Å²) in [6.07, 6.45) is 11.6. The van der Waals surface area contributed by atoms with Crippen LogP contribution in [0.15, 0.2) is 65.3 Å². The highest BCUT2D eigenvalue weighted by Crippen LogP contribution is 2.44. The number of terminal acetylenes is 1. The van der Waals surface area contributed by atoms with Crippen LogP contribution in [0.5, 0.6) is 5.75 Å². The molecule has 3 aliphatic rings. The minimum absolute atomic E-state index is 0.00405. The fraction of sp³-hybridized carbons (Fsp3) is 0.469. The molecule has 3 unspecified atom stereocenters. The number of nitrogens with zero attached hydrogens (tertiary/aromatic N) is 1. The first kappa shape index (κ1) is 30.1. The number of fused-ring (bicyclic) bond motifs is 2. The number of nitrogens with one attached hydrogen (secondary N) is 1. The number of amides is 1. The van der Waals surface area contributed by atoms with Crippen molar-refractivity contribution in [2.45, 2.75) is 55.2 Å². The monoisotopic (exact) mass is 594 g/mol. The van der Waals surface area contributed by atoms with Crippen molar-refractivity contribution in [2.75, 3.05) is 33.4 Å². The Bertz CT molecular complexity index is 1420. The number of allylic oxidation sites excluding steroid dienone is 1. The fourth-order valence-electron chi connectivity index (χ4n) is 6.28. The number of benzene rings is 2. The van der Waals surface area contributed by atoms with Crippen LogP contribution in [-0.4, -0.2) is 69.5 Å². The quantitative estimate of drug-likeness (QED) is 0.362. The number of carbonyl (C=O) groups excluding carboxylic acids is 1. The molecule has 9 nitrogen and oxygen atoms in total. The van der Waals surface area contributed by atoms with Gasteiger partial charge in [-0.3, -0.25) is 4.79 Å². The smallest absolute Gasteiger partial charge is 0.286 e. The van der Waals surface area contributed by atoms with E-state index >= 15 is 0 Å². The summed E-state index contributed by atoms with van der Waals surface area (Å²) in [4.78, 5) is 13.4. The van der Waals surface area contributed by atoms with Gasteiger partial charge in [0.1, 0.15) is 5.75 Å². The van der Waals surface area contributed by atoms with E-state index in [-0.39, 0.29) is 54.8 Å². The van der Waals surface area contributed by atoms with Crippen molar-refractivity contribution in [1.29, 1.82) is 0 Å². The van der Waals surface area contributed by atoms with Gasteiger partial charge in [-0.15, -0.1) is 6.42 Å². The third-order valence-corrected chi connectivity index (χ3v) is 10.4. The van der Waals surface area contributed by atoms with Gasteiger partial charge < -0.3 is 24.6 Å². The number of methoxy groups -OCH3 is 1. The Kier molecular flexibility index (Phi) is 9.53. The second-order valence-electron chi connectivity index (χ2n) is 11.1. The van der Waals surface area contributed by atoms with Crippen molar-refractivity contribution in [2.24, 2.45) is 11.8 Å². The minimum atomic E-state index is -3.89. The molecule has 1 aliphatic heterocycles. The average molecular weight is 595 g/mol. The Morgan fingerprint density at radius 2 is 1.86 bits per heavy atom. The predicted octanol–water partition coefficient (Wildman–Crippen LogP) is 3.40. The standard InChI is InChI=1S/C32H38N2O7S/c1-3-22-4-7-24(8-5-22)26-20-30(32(36)33-29-19-23-6-9-25(29)18-23)41-31(21-26)40-17-15-34(14-16-35)42(37,38)28-12-10-27(39-2)11-13-28/h1,4-5,7-8,10-13,20,23,25-26,29,31,35H,6,9,14-19,21H2,2H3,(H,33,36)/t23?,25?,26-,29?,31+/m0/s1. The molecule has 2 aromatic rings. The van der Waals surface area contributed by atoms with Gasteiger partial charge >= 0.3 is 0 Å². The van der Waals surface area contributed by atoms with E-state index in [1.54, 1.807) is 12.1 Å². The Labute approximate surface area is 247 Å². The first-order valence-electron chi connectivity index (χ1n) is 14.4. The lowest BCUT2D eigenvalue weighted by Gasteiger charge is -2.31. The van der Waals surface area contributed by atoms with E-state index in [1.165, 1.54) is 36.4 Å². The maximum atomic E-state index is 13.3. The molecule has 2 N–H and O–H groups in total. The van der Waals surface area contributed by atoms with E-state index in [0.717, 1.165) is 24.0 Å². The van der Waals surface area contributed by atoms with Crippen molar-refractivity contribution >= 4 is 15.9 Å². The molecule has 2 saturated carbocycles. The summed E-state index contributed by atoms with van der Waals surface area (Å²) in [6, 6.07) is 13.8. The van der Waals surface area contributed by atoms with Crippen molar-refractivity contribution in [3.63, 3.8) is 0 Å². The average Bonchev–Trinajstić information content (AvgIpc) is 3.64. The largest absolute Gasteiger partial charge is 0.497 e. The van der Waals surface area contributed by atoms with Gasteiger partial charge in [0.25, 0.3) is 5.91 Å². The maximum absolute atomic E-state index is 13.3. The van der Waals surface area contributed by atoms with Gasteiger partial charge in [0, 0.05) is 37.0 Å². The van der Waals surface area contributed by atoms with E-state index in [4.69, 9.17) is 20.6 Å². The lowest BCUT2D eigenvalue weighted by atomic mass is 9.92. The first-order chi connectivity index (χ1) is 20.3. The number of rotatable bonds is 12. The minimum Gasteiger partial charge on any atom is -0.497 e. The van der Waals surface area contributed by atoms with Gasteiger partial charge in [0.15, 0.2) is 5.76 Å². The molecule has 224 valence electrons. The topological polar surface area (TPSA) is 114 Å². The van der Waals surface area contributed by atoms with Gasteiger partial charge in [-0.2, -0.15) is 4.31 Å². The Balaban J connectivity index is 1.27. The van der Waals surface area contributed by atoms with Crippen LogP contribution in [0.2, 0.25) is 0 Å². The van der Waals surface area contributed by atoms with Gasteiger partial charge in [0.2, 0.25) is 16.3 Å². The van der Waals surface area contributed by atoms with E-state index in [9.17, 15) is 18.3 Å². The lowest BCUT2D eigenvalue weighted by molar-refractivity contribution is -0.147. The summed E-state index contributed by atoms with van der Waals surface area (Å²) < 4.78 is 44.9. The summed E-state index contributed by atoms with van der Waals surface area (Å²) in [5.41, 5.74) is 1.74. The Morgan fingerprint density at radius 1 is 1.10 bits per heavy atom. The zero-order valence-corrected chi connectivity index (χ0v) is 24.6. The van der Waals surface area contributed by atoms with E-state index in [2.05, 4.69) is 11.2 Å². The fourth-order valence-corrected chi connectivity index (χ4v) is 7.70. The molecule has 0 radical (unpaired) electrons. The van der Waals surface area contributed by atoms with Crippen LogP contribution in [0.25, 0.3) is 0 Å². The molecule has 2 aliphatic carbocycles. The Morgan fingerprint density at radius 3 is 2.48 bits per heavy atom. The first-order valence-corrected chi connectivity index (χ1v) is 15.9. The van der Waals surface area contributed by atoms with Gasteiger partial charge in [-0.25, -0.2) is 8.42 Å². The SMILES string of the molecule is C#Cc1ccc([C@H]2C=C(C(=O)NC3CC4CCC3C4)O[C@@H](OCCN(CCO)S(=O)(=O)c3ccc(OC)cc3)C2)cc1. The molecule has 2 fully saturated rings. The zero-order chi connectivity index (χ0) is 29.7.